The Morgan fingerprint density at radius 2 is 1.56 bits per heavy atom. The largest absolute Gasteiger partial charge is 0.368 e. The minimum absolute atomic E-state index is 0.486. The molecule has 1 aliphatic rings. The Balaban J connectivity index is 1.26. The van der Waals surface area contributed by atoms with Gasteiger partial charge in [-0.2, -0.15) is 4.98 Å². The van der Waals surface area contributed by atoms with Crippen LogP contribution in [0, 0.1) is 20.8 Å². The summed E-state index contributed by atoms with van der Waals surface area (Å²) < 4.78 is 5.49. The van der Waals surface area contributed by atoms with Gasteiger partial charge in [-0.05, 0) is 56.2 Å². The Bertz CT molecular complexity index is 1220. The van der Waals surface area contributed by atoms with Crippen molar-refractivity contribution < 1.29 is 4.52 Å². The van der Waals surface area contributed by atoms with Crippen LogP contribution in [0.25, 0.3) is 22.8 Å². The molecular weight excluding hydrogens is 398 g/mol. The van der Waals surface area contributed by atoms with Crippen LogP contribution in [-0.2, 0) is 0 Å². The summed E-state index contributed by atoms with van der Waals surface area (Å²) in [5.41, 5.74) is 6.92. The summed E-state index contributed by atoms with van der Waals surface area (Å²) in [5.74, 6) is 2.06. The number of hydrogen-bond acceptors (Lipinski definition) is 6. The summed E-state index contributed by atoms with van der Waals surface area (Å²) in [6.07, 6.45) is 1.82. The number of piperazine rings is 1. The van der Waals surface area contributed by atoms with Gasteiger partial charge in [0, 0.05) is 43.6 Å². The van der Waals surface area contributed by atoms with E-state index >= 15 is 0 Å². The number of aromatic nitrogens is 3. The zero-order valence-corrected chi connectivity index (χ0v) is 18.7. The maximum absolute atomic E-state index is 5.49. The molecule has 6 nitrogen and oxygen atoms in total. The third-order valence-corrected chi connectivity index (χ3v) is 6.01. The SMILES string of the molecule is Cc1cccc(-c2noc(-c3ccc(N4CCN(c5cc(C)ccc5C)CC4)nc3)n2)c1. The molecule has 1 aliphatic heterocycles. The van der Waals surface area contributed by atoms with E-state index in [0.717, 1.165) is 48.7 Å². The zero-order chi connectivity index (χ0) is 22.1. The summed E-state index contributed by atoms with van der Waals surface area (Å²) in [7, 11) is 0. The topological polar surface area (TPSA) is 58.3 Å². The summed E-state index contributed by atoms with van der Waals surface area (Å²) in [6, 6.07) is 18.8. The number of pyridine rings is 1. The Morgan fingerprint density at radius 3 is 2.31 bits per heavy atom. The van der Waals surface area contributed by atoms with E-state index in [4.69, 9.17) is 4.52 Å². The van der Waals surface area contributed by atoms with Gasteiger partial charge in [0.15, 0.2) is 0 Å². The summed E-state index contributed by atoms with van der Waals surface area (Å²) >= 11 is 0. The highest BCUT2D eigenvalue weighted by Gasteiger charge is 2.20. The maximum atomic E-state index is 5.49. The van der Waals surface area contributed by atoms with Crippen LogP contribution in [0.3, 0.4) is 0 Å². The van der Waals surface area contributed by atoms with Crippen LogP contribution < -0.4 is 9.80 Å². The van der Waals surface area contributed by atoms with Gasteiger partial charge in [-0.25, -0.2) is 4.98 Å². The smallest absolute Gasteiger partial charge is 0.259 e. The van der Waals surface area contributed by atoms with Gasteiger partial charge in [0.2, 0.25) is 5.82 Å². The van der Waals surface area contributed by atoms with Crippen LogP contribution in [0.15, 0.2) is 65.3 Å². The van der Waals surface area contributed by atoms with E-state index in [1.807, 2.05) is 36.5 Å². The third kappa shape index (κ3) is 4.08. The molecule has 32 heavy (non-hydrogen) atoms. The molecule has 0 N–H and O–H groups in total. The molecule has 0 saturated carbocycles. The standard InChI is InChI=1S/C26H27N5O/c1-18-5-4-6-21(15-18)25-28-26(32-29-25)22-9-10-24(27-17-22)31-13-11-30(12-14-31)23-16-19(2)7-8-20(23)3/h4-10,15-17H,11-14H2,1-3H3. The van der Waals surface area contributed by atoms with E-state index in [2.05, 4.69) is 70.0 Å². The predicted molar refractivity (Wildman–Crippen MR) is 128 cm³/mol. The van der Waals surface area contributed by atoms with Crippen LogP contribution >= 0.6 is 0 Å². The van der Waals surface area contributed by atoms with Crippen molar-refractivity contribution >= 4 is 11.5 Å². The molecule has 0 aliphatic carbocycles. The molecule has 4 aromatic rings. The van der Waals surface area contributed by atoms with Gasteiger partial charge in [0.1, 0.15) is 5.82 Å². The Kier molecular flexibility index (Phi) is 5.35. The van der Waals surface area contributed by atoms with Crippen LogP contribution in [0.2, 0.25) is 0 Å². The molecule has 162 valence electrons. The monoisotopic (exact) mass is 425 g/mol. The summed E-state index contributed by atoms with van der Waals surface area (Å²) in [6.45, 7) is 10.2. The minimum atomic E-state index is 0.486. The molecule has 0 radical (unpaired) electrons. The van der Waals surface area contributed by atoms with E-state index in [1.54, 1.807) is 0 Å². The fourth-order valence-corrected chi connectivity index (χ4v) is 4.18. The first kappa shape index (κ1) is 20.2. The number of benzene rings is 2. The lowest BCUT2D eigenvalue weighted by Gasteiger charge is -2.37. The fourth-order valence-electron chi connectivity index (χ4n) is 4.18. The second-order valence-corrected chi connectivity index (χ2v) is 8.46. The average molecular weight is 426 g/mol. The maximum Gasteiger partial charge on any atom is 0.259 e. The summed E-state index contributed by atoms with van der Waals surface area (Å²) in [4.78, 5) is 14.0. The number of anilines is 2. The van der Waals surface area contributed by atoms with E-state index in [1.165, 1.54) is 16.8 Å². The van der Waals surface area contributed by atoms with Gasteiger partial charge in [-0.3, -0.25) is 0 Å². The number of aryl methyl sites for hydroxylation is 3. The predicted octanol–water partition coefficient (Wildman–Crippen LogP) is 5.05. The first-order chi connectivity index (χ1) is 15.6. The van der Waals surface area contributed by atoms with Gasteiger partial charge >= 0.3 is 0 Å². The molecule has 2 aromatic heterocycles. The Morgan fingerprint density at radius 1 is 0.781 bits per heavy atom. The van der Waals surface area contributed by atoms with Crippen molar-refractivity contribution in [2.24, 2.45) is 0 Å². The van der Waals surface area contributed by atoms with Gasteiger partial charge in [0.05, 0.1) is 5.56 Å². The number of hydrogen-bond donors (Lipinski definition) is 0. The molecule has 0 atom stereocenters. The second kappa shape index (κ2) is 8.46. The molecule has 2 aromatic carbocycles. The summed E-state index contributed by atoms with van der Waals surface area (Å²) in [5, 5.41) is 4.14. The number of nitrogens with zero attached hydrogens (tertiary/aromatic N) is 5. The molecule has 0 amide bonds. The van der Waals surface area contributed by atoms with Crippen LogP contribution in [0.4, 0.5) is 11.5 Å². The van der Waals surface area contributed by atoms with Crippen molar-refractivity contribution in [2.75, 3.05) is 36.0 Å². The van der Waals surface area contributed by atoms with Crippen molar-refractivity contribution in [1.29, 1.82) is 0 Å². The van der Waals surface area contributed by atoms with E-state index in [0.29, 0.717) is 11.7 Å². The Labute approximate surface area is 188 Å². The minimum Gasteiger partial charge on any atom is -0.368 e. The zero-order valence-electron chi connectivity index (χ0n) is 18.7. The molecular formula is C26H27N5O. The Hall–Kier alpha value is -3.67. The van der Waals surface area contributed by atoms with Gasteiger partial charge < -0.3 is 14.3 Å². The van der Waals surface area contributed by atoms with Crippen LogP contribution in [0.1, 0.15) is 16.7 Å². The second-order valence-electron chi connectivity index (χ2n) is 8.46. The van der Waals surface area contributed by atoms with E-state index in [-0.39, 0.29) is 0 Å². The highest BCUT2D eigenvalue weighted by atomic mass is 16.5. The lowest BCUT2D eigenvalue weighted by molar-refractivity contribution is 0.432. The molecule has 6 heteroatoms. The van der Waals surface area contributed by atoms with Crippen LogP contribution in [-0.4, -0.2) is 41.3 Å². The first-order valence-electron chi connectivity index (χ1n) is 11.0. The van der Waals surface area contributed by atoms with Gasteiger partial charge in [-0.1, -0.05) is 41.1 Å². The molecule has 1 saturated heterocycles. The molecule has 1 fully saturated rings. The van der Waals surface area contributed by atoms with Crippen molar-refractivity contribution in [3.8, 4) is 22.8 Å². The fraction of sp³-hybridized carbons (Fsp3) is 0.269. The molecule has 0 bridgehead atoms. The molecule has 0 spiro atoms. The third-order valence-electron chi connectivity index (χ3n) is 6.01. The van der Waals surface area contributed by atoms with Crippen molar-refractivity contribution in [3.63, 3.8) is 0 Å². The lowest BCUT2D eigenvalue weighted by Crippen LogP contribution is -2.47. The van der Waals surface area contributed by atoms with Crippen LogP contribution in [0.5, 0.6) is 0 Å². The highest BCUT2D eigenvalue weighted by molar-refractivity contribution is 5.61. The normalized spacial score (nSPS) is 14.1. The van der Waals surface area contributed by atoms with Gasteiger partial charge in [0.25, 0.3) is 5.89 Å². The quantitative estimate of drug-likeness (QED) is 0.456. The van der Waals surface area contributed by atoms with E-state index in [9.17, 15) is 0 Å². The van der Waals surface area contributed by atoms with Crippen molar-refractivity contribution in [3.05, 3.63) is 77.5 Å². The molecule has 5 rings (SSSR count). The van der Waals surface area contributed by atoms with Crippen molar-refractivity contribution in [1.82, 2.24) is 15.1 Å². The molecule has 0 unspecified atom stereocenters. The lowest BCUT2D eigenvalue weighted by atomic mass is 10.1. The highest BCUT2D eigenvalue weighted by Crippen LogP contribution is 2.26. The van der Waals surface area contributed by atoms with Crippen molar-refractivity contribution in [2.45, 2.75) is 20.8 Å². The van der Waals surface area contributed by atoms with Gasteiger partial charge in [-0.15, -0.1) is 0 Å². The average Bonchev–Trinajstić information content (AvgIpc) is 3.31. The first-order valence-corrected chi connectivity index (χ1v) is 11.0. The van der Waals surface area contributed by atoms with E-state index < -0.39 is 0 Å². The number of rotatable bonds is 4. The molecule has 3 heterocycles.